The third-order valence-corrected chi connectivity index (χ3v) is 3.59. The molecule has 1 atom stereocenters. The van der Waals surface area contributed by atoms with Crippen molar-refractivity contribution < 1.29 is 19.1 Å². The Morgan fingerprint density at radius 3 is 2.50 bits per heavy atom. The van der Waals surface area contributed by atoms with Gasteiger partial charge in [-0.15, -0.1) is 0 Å². The molecule has 0 spiro atoms. The first-order chi connectivity index (χ1) is 10.3. The Hall–Kier alpha value is -1.95. The number of carbonyl (C=O) groups is 2. The highest BCUT2D eigenvalue weighted by Crippen LogP contribution is 2.29. The molecular formula is C15H21ClN2O4. The van der Waals surface area contributed by atoms with Crippen LogP contribution < -0.4 is 15.8 Å². The Morgan fingerprint density at radius 1 is 1.32 bits per heavy atom. The van der Waals surface area contributed by atoms with Crippen molar-refractivity contribution in [3.8, 4) is 5.75 Å². The fourth-order valence-corrected chi connectivity index (χ4v) is 1.73. The maximum Gasteiger partial charge on any atom is 0.342 e. The summed E-state index contributed by atoms with van der Waals surface area (Å²) < 4.78 is 10.0. The molecule has 0 aliphatic carbocycles. The summed E-state index contributed by atoms with van der Waals surface area (Å²) in [5, 5.41) is 2.96. The highest BCUT2D eigenvalue weighted by atomic mass is 35.5. The summed E-state index contributed by atoms with van der Waals surface area (Å²) in [6.45, 7) is 5.48. The summed E-state index contributed by atoms with van der Waals surface area (Å²) in [4.78, 5) is 23.7. The fourth-order valence-electron chi connectivity index (χ4n) is 1.57. The molecule has 1 rings (SSSR count). The molecule has 0 heterocycles. The maximum atomic E-state index is 12.0. The molecule has 0 saturated carbocycles. The SMILES string of the molecule is COc1cc(N)c(Cl)cc1C(=O)OCC(=O)N[C@H](C)C(C)C. The van der Waals surface area contributed by atoms with Crippen molar-refractivity contribution in [2.24, 2.45) is 5.92 Å². The minimum Gasteiger partial charge on any atom is -0.496 e. The summed E-state index contributed by atoms with van der Waals surface area (Å²) in [5.74, 6) is -0.542. The van der Waals surface area contributed by atoms with E-state index in [1.807, 2.05) is 20.8 Å². The van der Waals surface area contributed by atoms with Crippen molar-refractivity contribution in [3.63, 3.8) is 0 Å². The number of rotatable bonds is 6. The van der Waals surface area contributed by atoms with Crippen LogP contribution in [0.25, 0.3) is 0 Å². The van der Waals surface area contributed by atoms with E-state index in [0.29, 0.717) is 5.69 Å². The number of nitrogens with two attached hydrogens (primary N) is 1. The molecule has 1 aromatic carbocycles. The lowest BCUT2D eigenvalue weighted by Crippen LogP contribution is -2.38. The van der Waals surface area contributed by atoms with Crippen molar-refractivity contribution in [1.82, 2.24) is 5.32 Å². The van der Waals surface area contributed by atoms with Crippen molar-refractivity contribution in [1.29, 1.82) is 0 Å². The van der Waals surface area contributed by atoms with E-state index in [4.69, 9.17) is 26.8 Å². The zero-order chi connectivity index (χ0) is 16.9. The van der Waals surface area contributed by atoms with Crippen LogP contribution >= 0.6 is 11.6 Å². The van der Waals surface area contributed by atoms with Gasteiger partial charge in [0, 0.05) is 12.1 Å². The second-order valence-corrected chi connectivity index (χ2v) is 5.66. The average molecular weight is 329 g/mol. The van der Waals surface area contributed by atoms with Gasteiger partial charge in [-0.2, -0.15) is 0 Å². The van der Waals surface area contributed by atoms with Gasteiger partial charge in [-0.05, 0) is 18.9 Å². The van der Waals surface area contributed by atoms with Crippen molar-refractivity contribution in [3.05, 3.63) is 22.7 Å². The van der Waals surface area contributed by atoms with E-state index in [9.17, 15) is 9.59 Å². The van der Waals surface area contributed by atoms with E-state index in [0.717, 1.165) is 0 Å². The number of hydrogen-bond acceptors (Lipinski definition) is 5. The molecule has 1 aromatic rings. The largest absolute Gasteiger partial charge is 0.496 e. The van der Waals surface area contributed by atoms with E-state index in [1.54, 1.807) is 0 Å². The number of nitrogen functional groups attached to an aromatic ring is 1. The molecular weight excluding hydrogens is 308 g/mol. The topological polar surface area (TPSA) is 90.7 Å². The molecule has 0 unspecified atom stereocenters. The number of amides is 1. The van der Waals surface area contributed by atoms with Gasteiger partial charge >= 0.3 is 5.97 Å². The Balaban J connectivity index is 2.70. The number of benzene rings is 1. The predicted molar refractivity (Wildman–Crippen MR) is 85.1 cm³/mol. The minimum atomic E-state index is -0.703. The molecule has 0 saturated heterocycles. The lowest BCUT2D eigenvalue weighted by molar-refractivity contribution is -0.125. The molecule has 0 aromatic heterocycles. The Labute approximate surface area is 134 Å². The van der Waals surface area contributed by atoms with Crippen LogP contribution in [0.4, 0.5) is 5.69 Å². The summed E-state index contributed by atoms with van der Waals surface area (Å²) in [7, 11) is 1.40. The van der Waals surface area contributed by atoms with Crippen LogP contribution in [0.1, 0.15) is 31.1 Å². The summed E-state index contributed by atoms with van der Waals surface area (Å²) in [5.41, 5.74) is 6.05. The van der Waals surface area contributed by atoms with Gasteiger partial charge in [0.2, 0.25) is 0 Å². The highest BCUT2D eigenvalue weighted by molar-refractivity contribution is 6.33. The van der Waals surface area contributed by atoms with Crippen molar-refractivity contribution >= 4 is 29.2 Å². The number of halogens is 1. The van der Waals surface area contributed by atoms with E-state index >= 15 is 0 Å². The normalized spacial score (nSPS) is 11.9. The molecule has 6 nitrogen and oxygen atoms in total. The molecule has 0 fully saturated rings. The lowest BCUT2D eigenvalue weighted by atomic mass is 10.1. The summed E-state index contributed by atoms with van der Waals surface area (Å²) >= 11 is 5.89. The van der Waals surface area contributed by atoms with Crippen LogP contribution in [0.15, 0.2) is 12.1 Å². The number of hydrogen-bond donors (Lipinski definition) is 2. The molecule has 22 heavy (non-hydrogen) atoms. The minimum absolute atomic E-state index is 0.00768. The van der Waals surface area contributed by atoms with E-state index in [-0.39, 0.29) is 40.8 Å². The number of ether oxygens (including phenoxy) is 2. The van der Waals surface area contributed by atoms with E-state index in [1.165, 1.54) is 19.2 Å². The van der Waals surface area contributed by atoms with E-state index < -0.39 is 5.97 Å². The summed E-state index contributed by atoms with van der Waals surface area (Å²) in [6, 6.07) is 2.78. The average Bonchev–Trinajstić information content (AvgIpc) is 2.46. The van der Waals surface area contributed by atoms with Gasteiger partial charge in [-0.1, -0.05) is 25.4 Å². The molecule has 7 heteroatoms. The third kappa shape index (κ3) is 4.80. The van der Waals surface area contributed by atoms with Crippen LogP contribution in [-0.4, -0.2) is 31.6 Å². The number of methoxy groups -OCH3 is 1. The first kappa shape index (κ1) is 18.1. The van der Waals surface area contributed by atoms with Gasteiger partial charge in [0.15, 0.2) is 6.61 Å². The highest BCUT2D eigenvalue weighted by Gasteiger charge is 2.18. The maximum absolute atomic E-state index is 12.0. The van der Waals surface area contributed by atoms with Gasteiger partial charge in [0.05, 0.1) is 17.8 Å². The fraction of sp³-hybridized carbons (Fsp3) is 0.467. The van der Waals surface area contributed by atoms with Gasteiger partial charge < -0.3 is 20.5 Å². The molecule has 0 aliphatic heterocycles. The molecule has 0 aliphatic rings. The lowest BCUT2D eigenvalue weighted by Gasteiger charge is -2.17. The smallest absolute Gasteiger partial charge is 0.342 e. The number of anilines is 1. The molecule has 0 bridgehead atoms. The summed E-state index contributed by atoms with van der Waals surface area (Å²) in [6.07, 6.45) is 0. The zero-order valence-corrected chi connectivity index (χ0v) is 13.9. The quantitative estimate of drug-likeness (QED) is 0.617. The second-order valence-electron chi connectivity index (χ2n) is 5.25. The Morgan fingerprint density at radius 2 is 1.95 bits per heavy atom. The molecule has 3 N–H and O–H groups in total. The molecule has 122 valence electrons. The first-order valence-electron chi connectivity index (χ1n) is 6.85. The van der Waals surface area contributed by atoms with Gasteiger partial charge in [-0.3, -0.25) is 4.79 Å². The zero-order valence-electron chi connectivity index (χ0n) is 13.1. The van der Waals surface area contributed by atoms with E-state index in [2.05, 4.69) is 5.32 Å². The van der Waals surface area contributed by atoms with Crippen molar-refractivity contribution in [2.45, 2.75) is 26.8 Å². The Bertz CT molecular complexity index is 561. The van der Waals surface area contributed by atoms with Crippen LogP contribution in [0.2, 0.25) is 5.02 Å². The number of esters is 1. The standard InChI is InChI=1S/C15H21ClN2O4/c1-8(2)9(3)18-14(19)7-22-15(20)10-5-11(16)12(17)6-13(10)21-4/h5-6,8-9H,7,17H2,1-4H3,(H,18,19)/t9-/m1/s1. The van der Waals surface area contributed by atoms with Crippen LogP contribution in [0, 0.1) is 5.92 Å². The Kier molecular flexibility index (Phi) is 6.49. The van der Waals surface area contributed by atoms with Crippen molar-refractivity contribution in [2.75, 3.05) is 19.5 Å². The van der Waals surface area contributed by atoms with Crippen LogP contribution in [0.3, 0.4) is 0 Å². The first-order valence-corrected chi connectivity index (χ1v) is 7.23. The van der Waals surface area contributed by atoms with Crippen LogP contribution in [-0.2, 0) is 9.53 Å². The monoisotopic (exact) mass is 328 g/mol. The third-order valence-electron chi connectivity index (χ3n) is 3.26. The van der Waals surface area contributed by atoms with Crippen LogP contribution in [0.5, 0.6) is 5.75 Å². The predicted octanol–water partition coefficient (Wildman–Crippen LogP) is 2.25. The number of nitrogens with one attached hydrogen (secondary N) is 1. The second kappa shape index (κ2) is 7.89. The van der Waals surface area contributed by atoms with Gasteiger partial charge in [0.25, 0.3) is 5.91 Å². The van der Waals surface area contributed by atoms with Gasteiger partial charge in [0.1, 0.15) is 11.3 Å². The molecule has 0 radical (unpaired) electrons. The number of carbonyl (C=O) groups excluding carboxylic acids is 2. The van der Waals surface area contributed by atoms with Gasteiger partial charge in [-0.25, -0.2) is 4.79 Å². The molecule has 1 amide bonds.